The molecule has 1 aromatic carbocycles. The van der Waals surface area contributed by atoms with Crippen molar-refractivity contribution in [3.63, 3.8) is 0 Å². The lowest BCUT2D eigenvalue weighted by Gasteiger charge is -2.46. The Balaban J connectivity index is 1.87. The van der Waals surface area contributed by atoms with E-state index in [4.69, 9.17) is 0 Å². The predicted molar refractivity (Wildman–Crippen MR) is 102 cm³/mol. The van der Waals surface area contributed by atoms with E-state index in [1.807, 2.05) is 0 Å². The first-order valence-corrected chi connectivity index (χ1v) is 9.33. The normalized spacial score (nSPS) is 21.1. The molecule has 2 N–H and O–H groups in total. The lowest BCUT2D eigenvalue weighted by molar-refractivity contribution is 0.0968. The number of nitrogens with one attached hydrogen (secondary N) is 2. The van der Waals surface area contributed by atoms with Crippen LogP contribution in [0.2, 0.25) is 0 Å². The van der Waals surface area contributed by atoms with Gasteiger partial charge in [0.1, 0.15) is 5.82 Å². The van der Waals surface area contributed by atoms with Crippen molar-refractivity contribution in [2.45, 2.75) is 51.6 Å². The second-order valence-corrected chi connectivity index (χ2v) is 8.92. The molecule has 1 aromatic rings. The maximum atomic E-state index is 13.1. The number of carbonyl (C=O) groups is 1. The Morgan fingerprint density at radius 1 is 1.27 bits per heavy atom. The van der Waals surface area contributed by atoms with Gasteiger partial charge in [-0.25, -0.2) is 4.39 Å². The fourth-order valence-electron chi connectivity index (χ4n) is 3.77. The highest BCUT2D eigenvalue weighted by Gasteiger charge is 2.41. The highest BCUT2D eigenvalue weighted by Crippen LogP contribution is 2.48. The topological polar surface area (TPSA) is 64.9 Å². The van der Waals surface area contributed by atoms with E-state index in [9.17, 15) is 14.4 Å². The average molecular weight is 371 g/mol. The van der Waals surface area contributed by atoms with E-state index in [0.717, 1.165) is 11.3 Å². The van der Waals surface area contributed by atoms with Crippen molar-refractivity contribution in [3.05, 3.63) is 56.7 Å². The van der Waals surface area contributed by atoms with Gasteiger partial charge in [0.15, 0.2) is 0 Å². The third-order valence-corrected chi connectivity index (χ3v) is 6.09. The molecule has 0 atom stereocenters. The second-order valence-electron chi connectivity index (χ2n) is 7.90. The summed E-state index contributed by atoms with van der Waals surface area (Å²) < 4.78 is 13.1. The summed E-state index contributed by atoms with van der Waals surface area (Å²) in [5.41, 5.74) is 1.89. The first kappa shape index (κ1) is 18.7. The number of carbonyl (C=O) groups excluding carboxylic acids is 1. The lowest BCUT2D eigenvalue weighted by atomic mass is 9.81. The van der Waals surface area contributed by atoms with Crippen molar-refractivity contribution in [1.82, 2.24) is 10.6 Å². The van der Waals surface area contributed by atoms with Crippen LogP contribution in [-0.2, 0) is 0 Å². The lowest BCUT2D eigenvalue weighted by Crippen LogP contribution is -2.56. The van der Waals surface area contributed by atoms with Crippen LogP contribution in [-0.4, -0.2) is 17.0 Å². The molecule has 0 saturated heterocycles. The largest absolute Gasteiger partial charge is 0.315 e. The Kier molecular flexibility index (Phi) is 4.72. The smallest absolute Gasteiger partial charge is 0.256 e. The third-order valence-electron chi connectivity index (χ3n) is 4.53. The van der Waals surface area contributed by atoms with E-state index >= 15 is 0 Å². The summed E-state index contributed by atoms with van der Waals surface area (Å²) in [7, 11) is 0. The SMILES string of the molecule is CC1(C)CC2=C(SC(NC(=O)c3ccc(F)cc3)=C(C#N)C2)C(C)(C)N1. The van der Waals surface area contributed by atoms with Crippen LogP contribution in [0, 0.1) is 17.1 Å². The molecule has 0 unspecified atom stereocenters. The van der Waals surface area contributed by atoms with Crippen LogP contribution in [0.1, 0.15) is 50.9 Å². The summed E-state index contributed by atoms with van der Waals surface area (Å²) >= 11 is 1.45. The number of benzene rings is 1. The van der Waals surface area contributed by atoms with Crippen molar-refractivity contribution in [2.24, 2.45) is 0 Å². The van der Waals surface area contributed by atoms with Crippen LogP contribution in [0.25, 0.3) is 0 Å². The standard InChI is InChI=1S/C20H22FN3OS/c1-19(2)10-13-9-14(11-22)18(26-16(13)20(3,4)24-19)23-17(25)12-5-7-15(21)8-6-12/h5-8,24H,9-10H2,1-4H3,(H,23,25). The van der Waals surface area contributed by atoms with Crippen molar-refractivity contribution in [1.29, 1.82) is 5.26 Å². The minimum Gasteiger partial charge on any atom is -0.315 e. The minimum absolute atomic E-state index is 0.0433. The maximum absolute atomic E-state index is 13.1. The van der Waals surface area contributed by atoms with Gasteiger partial charge in [-0.2, -0.15) is 5.26 Å². The molecule has 0 aliphatic carbocycles. The number of rotatable bonds is 2. The summed E-state index contributed by atoms with van der Waals surface area (Å²) in [6.07, 6.45) is 1.41. The molecule has 136 valence electrons. The number of amides is 1. The van der Waals surface area contributed by atoms with Gasteiger partial charge in [-0.05, 0) is 58.4 Å². The van der Waals surface area contributed by atoms with Crippen molar-refractivity contribution in [3.8, 4) is 6.07 Å². The van der Waals surface area contributed by atoms with Gasteiger partial charge >= 0.3 is 0 Å². The molecule has 26 heavy (non-hydrogen) atoms. The molecule has 6 heteroatoms. The molecule has 0 aromatic heterocycles. The molecule has 2 aliphatic rings. The summed E-state index contributed by atoms with van der Waals surface area (Å²) in [5.74, 6) is -0.732. The first-order valence-electron chi connectivity index (χ1n) is 8.51. The van der Waals surface area contributed by atoms with Crippen LogP contribution in [0.5, 0.6) is 0 Å². The molecule has 0 radical (unpaired) electrons. The maximum Gasteiger partial charge on any atom is 0.256 e. The van der Waals surface area contributed by atoms with Gasteiger partial charge in [-0.1, -0.05) is 17.3 Å². The highest BCUT2D eigenvalue weighted by molar-refractivity contribution is 8.06. The molecule has 2 heterocycles. The Morgan fingerprint density at radius 3 is 2.54 bits per heavy atom. The van der Waals surface area contributed by atoms with Crippen molar-refractivity contribution in [2.75, 3.05) is 0 Å². The quantitative estimate of drug-likeness (QED) is 0.816. The predicted octanol–water partition coefficient (Wildman–Crippen LogP) is 4.23. The Labute approximate surface area is 157 Å². The second kappa shape index (κ2) is 6.57. The van der Waals surface area contributed by atoms with E-state index in [1.54, 1.807) is 0 Å². The van der Waals surface area contributed by atoms with E-state index in [2.05, 4.69) is 44.4 Å². The molecular formula is C20H22FN3OS. The number of nitrogens with zero attached hydrogens (tertiary/aromatic N) is 1. The van der Waals surface area contributed by atoms with Crippen LogP contribution in [0.3, 0.4) is 0 Å². The monoisotopic (exact) mass is 371 g/mol. The van der Waals surface area contributed by atoms with E-state index in [1.165, 1.54) is 41.6 Å². The van der Waals surface area contributed by atoms with Crippen LogP contribution >= 0.6 is 11.8 Å². The molecular weight excluding hydrogens is 349 g/mol. The van der Waals surface area contributed by atoms with Crippen LogP contribution < -0.4 is 10.6 Å². The zero-order chi connectivity index (χ0) is 19.1. The van der Waals surface area contributed by atoms with E-state index in [0.29, 0.717) is 22.6 Å². The molecule has 1 amide bonds. The zero-order valence-corrected chi connectivity index (χ0v) is 16.2. The molecule has 3 rings (SSSR count). The van der Waals surface area contributed by atoms with Gasteiger partial charge < -0.3 is 10.6 Å². The van der Waals surface area contributed by atoms with Gasteiger partial charge in [0, 0.05) is 28.0 Å². The van der Waals surface area contributed by atoms with Gasteiger partial charge in [0.2, 0.25) is 0 Å². The van der Waals surface area contributed by atoms with Gasteiger partial charge in [0.05, 0.1) is 16.7 Å². The highest BCUT2D eigenvalue weighted by atomic mass is 32.2. The van der Waals surface area contributed by atoms with Crippen LogP contribution in [0.15, 0.2) is 45.3 Å². The summed E-state index contributed by atoms with van der Waals surface area (Å²) in [4.78, 5) is 13.6. The van der Waals surface area contributed by atoms with E-state index < -0.39 is 5.82 Å². The summed E-state index contributed by atoms with van der Waals surface area (Å²) in [6, 6.07) is 7.61. The van der Waals surface area contributed by atoms with Gasteiger partial charge in [0.25, 0.3) is 5.91 Å². The van der Waals surface area contributed by atoms with Crippen LogP contribution in [0.4, 0.5) is 4.39 Å². The fourth-order valence-corrected chi connectivity index (χ4v) is 4.95. The third kappa shape index (κ3) is 3.69. The average Bonchev–Trinajstić information content (AvgIpc) is 2.54. The Morgan fingerprint density at radius 2 is 1.92 bits per heavy atom. The number of allylic oxidation sites excluding steroid dienone is 1. The van der Waals surface area contributed by atoms with E-state index in [-0.39, 0.29) is 17.0 Å². The minimum atomic E-state index is -0.391. The summed E-state index contributed by atoms with van der Waals surface area (Å²) in [5, 5.41) is 16.6. The molecule has 0 spiro atoms. The first-order chi connectivity index (χ1) is 12.1. The molecule has 4 nitrogen and oxygen atoms in total. The number of thioether (sulfide) groups is 1. The summed E-state index contributed by atoms with van der Waals surface area (Å²) in [6.45, 7) is 8.55. The van der Waals surface area contributed by atoms with Crippen molar-refractivity contribution < 1.29 is 9.18 Å². The zero-order valence-electron chi connectivity index (χ0n) is 15.4. The molecule has 0 fully saturated rings. The van der Waals surface area contributed by atoms with Gasteiger partial charge in [-0.3, -0.25) is 4.79 Å². The molecule has 0 saturated carbocycles. The molecule has 0 bridgehead atoms. The Hall–Kier alpha value is -2.10. The molecule has 2 aliphatic heterocycles. The van der Waals surface area contributed by atoms with Crippen molar-refractivity contribution >= 4 is 17.7 Å². The number of hydrogen-bond acceptors (Lipinski definition) is 4. The number of nitriles is 1. The van der Waals surface area contributed by atoms with Gasteiger partial charge in [-0.15, -0.1) is 0 Å². The Bertz CT molecular complexity index is 860. The number of halogens is 1. The fraction of sp³-hybridized carbons (Fsp3) is 0.400. The number of hydrogen-bond donors (Lipinski definition) is 2.